The minimum absolute atomic E-state index is 0.108. The summed E-state index contributed by atoms with van der Waals surface area (Å²) in [6.45, 7) is 1.98. The molecule has 2 heterocycles. The number of ether oxygens (including phenoxy) is 1. The second kappa shape index (κ2) is 1.56. The smallest absolute Gasteiger partial charge is 0.245 e. The zero-order chi connectivity index (χ0) is 5.56. The SMILES string of the molecule is CC1OC2CC[Si]2O1. The summed E-state index contributed by atoms with van der Waals surface area (Å²) in [4.78, 5) is 0. The molecule has 0 bridgehead atoms. The highest BCUT2D eigenvalue weighted by Crippen LogP contribution is 2.31. The molecule has 2 nitrogen and oxygen atoms in total. The van der Waals surface area contributed by atoms with Crippen molar-refractivity contribution in [3.8, 4) is 0 Å². The first-order valence-electron chi connectivity index (χ1n) is 3.04. The Labute approximate surface area is 50.5 Å². The van der Waals surface area contributed by atoms with Crippen molar-refractivity contribution >= 4 is 9.04 Å². The summed E-state index contributed by atoms with van der Waals surface area (Å²) in [6.07, 6.45) is 1.36. The third-order valence-corrected chi connectivity index (χ3v) is 4.24. The fourth-order valence-corrected chi connectivity index (χ4v) is 2.99. The standard InChI is InChI=1S/C5H9O2Si/c1-4-6-5-2-3-8(5)7-4/h4-5H,2-3H2,1H3. The number of hydrogen-bond acceptors (Lipinski definition) is 2. The maximum atomic E-state index is 5.44. The highest BCUT2D eigenvalue weighted by Gasteiger charge is 2.43. The number of fused-ring (bicyclic) bond motifs is 1. The zero-order valence-electron chi connectivity index (χ0n) is 4.89. The van der Waals surface area contributed by atoms with Crippen LogP contribution in [-0.2, 0) is 9.16 Å². The Morgan fingerprint density at radius 1 is 1.62 bits per heavy atom. The van der Waals surface area contributed by atoms with Crippen molar-refractivity contribution in [1.29, 1.82) is 0 Å². The van der Waals surface area contributed by atoms with E-state index in [1.807, 2.05) is 6.92 Å². The molecule has 8 heavy (non-hydrogen) atoms. The fraction of sp³-hybridized carbons (Fsp3) is 1.00. The van der Waals surface area contributed by atoms with E-state index < -0.39 is 9.04 Å². The summed E-state index contributed by atoms with van der Waals surface area (Å²) in [5, 5.41) is 0. The van der Waals surface area contributed by atoms with Gasteiger partial charge < -0.3 is 9.16 Å². The molecule has 2 aliphatic heterocycles. The lowest BCUT2D eigenvalue weighted by atomic mass is 10.5. The molecule has 1 radical (unpaired) electrons. The van der Waals surface area contributed by atoms with Crippen molar-refractivity contribution < 1.29 is 9.16 Å². The molecule has 0 aromatic rings. The van der Waals surface area contributed by atoms with E-state index in [1.54, 1.807) is 0 Å². The summed E-state index contributed by atoms with van der Waals surface area (Å²) >= 11 is 0. The molecular formula is C5H9O2Si. The van der Waals surface area contributed by atoms with E-state index in [0.717, 1.165) is 0 Å². The summed E-state index contributed by atoms with van der Waals surface area (Å²) in [5.74, 6) is 0. The van der Waals surface area contributed by atoms with Crippen LogP contribution in [0, 0.1) is 0 Å². The molecule has 3 heteroatoms. The monoisotopic (exact) mass is 129 g/mol. The van der Waals surface area contributed by atoms with Gasteiger partial charge in [-0.3, -0.25) is 0 Å². The van der Waals surface area contributed by atoms with Crippen LogP contribution < -0.4 is 0 Å². The van der Waals surface area contributed by atoms with Crippen LogP contribution in [0.4, 0.5) is 0 Å². The maximum Gasteiger partial charge on any atom is 0.245 e. The first-order chi connectivity index (χ1) is 3.86. The summed E-state index contributed by atoms with van der Waals surface area (Å²) in [6, 6.07) is 1.31. The third kappa shape index (κ3) is 0.551. The molecule has 2 aliphatic rings. The highest BCUT2D eigenvalue weighted by atomic mass is 28.3. The molecule has 0 spiro atoms. The van der Waals surface area contributed by atoms with Crippen LogP contribution >= 0.6 is 0 Å². The molecule has 0 N–H and O–H groups in total. The Balaban J connectivity index is 2.00. The molecule has 2 saturated heterocycles. The van der Waals surface area contributed by atoms with Gasteiger partial charge in [-0.15, -0.1) is 0 Å². The van der Waals surface area contributed by atoms with Crippen LogP contribution in [0.25, 0.3) is 0 Å². The van der Waals surface area contributed by atoms with Gasteiger partial charge in [-0.1, -0.05) is 0 Å². The van der Waals surface area contributed by atoms with Crippen molar-refractivity contribution in [3.63, 3.8) is 0 Å². The first kappa shape index (κ1) is 4.96. The van der Waals surface area contributed by atoms with Crippen molar-refractivity contribution in [2.75, 3.05) is 0 Å². The fourth-order valence-electron chi connectivity index (χ4n) is 1.13. The molecular weight excluding hydrogens is 120 g/mol. The molecule has 2 atom stereocenters. The summed E-state index contributed by atoms with van der Waals surface area (Å²) < 4.78 is 10.8. The average Bonchev–Trinajstić information content (AvgIpc) is 1.91. The average molecular weight is 129 g/mol. The topological polar surface area (TPSA) is 18.5 Å². The molecule has 0 amide bonds. The van der Waals surface area contributed by atoms with Crippen molar-refractivity contribution in [2.45, 2.75) is 31.4 Å². The lowest BCUT2D eigenvalue weighted by Crippen LogP contribution is -2.37. The molecule has 0 aromatic heterocycles. The van der Waals surface area contributed by atoms with Gasteiger partial charge in [0.25, 0.3) is 0 Å². The predicted molar refractivity (Wildman–Crippen MR) is 30.6 cm³/mol. The molecule has 2 fully saturated rings. The minimum atomic E-state index is -0.425. The number of rotatable bonds is 0. The maximum absolute atomic E-state index is 5.44. The van der Waals surface area contributed by atoms with E-state index in [4.69, 9.17) is 9.16 Å². The van der Waals surface area contributed by atoms with Crippen molar-refractivity contribution in [3.05, 3.63) is 0 Å². The van der Waals surface area contributed by atoms with Crippen LogP contribution in [0.3, 0.4) is 0 Å². The Kier molecular flexibility index (Phi) is 0.967. The molecule has 0 saturated carbocycles. The largest absolute Gasteiger partial charge is 0.390 e. The van der Waals surface area contributed by atoms with Gasteiger partial charge in [0.2, 0.25) is 9.04 Å². The van der Waals surface area contributed by atoms with Crippen LogP contribution in [0.15, 0.2) is 0 Å². The Bertz CT molecular complexity index is 94.6. The van der Waals surface area contributed by atoms with E-state index in [2.05, 4.69) is 0 Å². The molecule has 45 valence electrons. The van der Waals surface area contributed by atoms with E-state index in [0.29, 0.717) is 5.73 Å². The summed E-state index contributed by atoms with van der Waals surface area (Å²) in [5.41, 5.74) is 0.551. The molecule has 0 aliphatic carbocycles. The summed E-state index contributed by atoms with van der Waals surface area (Å²) in [7, 11) is -0.425. The number of hydrogen-bond donors (Lipinski definition) is 0. The third-order valence-electron chi connectivity index (χ3n) is 1.69. The van der Waals surface area contributed by atoms with Gasteiger partial charge in [-0.2, -0.15) is 0 Å². The minimum Gasteiger partial charge on any atom is -0.390 e. The Morgan fingerprint density at radius 2 is 2.50 bits per heavy atom. The van der Waals surface area contributed by atoms with Gasteiger partial charge in [-0.05, 0) is 19.4 Å². The first-order valence-corrected chi connectivity index (χ1v) is 4.73. The van der Waals surface area contributed by atoms with Gasteiger partial charge in [-0.25, -0.2) is 0 Å². The highest BCUT2D eigenvalue weighted by molar-refractivity contribution is 6.57. The lowest BCUT2D eigenvalue weighted by molar-refractivity contribution is -0.0306. The van der Waals surface area contributed by atoms with Crippen LogP contribution in [-0.4, -0.2) is 21.1 Å². The van der Waals surface area contributed by atoms with E-state index in [-0.39, 0.29) is 6.29 Å². The molecule has 0 aromatic carbocycles. The van der Waals surface area contributed by atoms with Gasteiger partial charge in [0.05, 0.1) is 5.73 Å². The van der Waals surface area contributed by atoms with Crippen LogP contribution in [0.2, 0.25) is 6.04 Å². The van der Waals surface area contributed by atoms with Crippen LogP contribution in [0.1, 0.15) is 13.3 Å². The van der Waals surface area contributed by atoms with E-state index >= 15 is 0 Å². The lowest BCUT2D eigenvalue weighted by Gasteiger charge is -2.22. The normalized spacial score (nSPS) is 46.1. The molecule has 2 unspecified atom stereocenters. The predicted octanol–water partition coefficient (Wildman–Crippen LogP) is 0.682. The van der Waals surface area contributed by atoms with E-state index in [1.165, 1.54) is 12.5 Å². The van der Waals surface area contributed by atoms with Gasteiger partial charge >= 0.3 is 0 Å². The second-order valence-corrected chi connectivity index (χ2v) is 4.63. The van der Waals surface area contributed by atoms with Crippen molar-refractivity contribution in [2.24, 2.45) is 0 Å². The van der Waals surface area contributed by atoms with E-state index in [9.17, 15) is 0 Å². The Morgan fingerprint density at radius 3 is 2.75 bits per heavy atom. The van der Waals surface area contributed by atoms with Gasteiger partial charge in [0, 0.05) is 0 Å². The van der Waals surface area contributed by atoms with Gasteiger partial charge in [0.1, 0.15) is 6.29 Å². The Hall–Kier alpha value is 0.137. The molecule has 2 rings (SSSR count). The van der Waals surface area contributed by atoms with Crippen LogP contribution in [0.5, 0.6) is 0 Å². The second-order valence-electron chi connectivity index (χ2n) is 2.32. The zero-order valence-corrected chi connectivity index (χ0v) is 5.89. The quantitative estimate of drug-likeness (QED) is 0.448. The van der Waals surface area contributed by atoms with Crippen molar-refractivity contribution in [1.82, 2.24) is 0 Å². The van der Waals surface area contributed by atoms with Gasteiger partial charge in [0.15, 0.2) is 0 Å².